The molecule has 0 saturated carbocycles. The van der Waals surface area contributed by atoms with Gasteiger partial charge in [-0.2, -0.15) is 13.2 Å². The van der Waals surface area contributed by atoms with Crippen LogP contribution in [0.25, 0.3) is 0 Å². The van der Waals surface area contributed by atoms with Crippen LogP contribution < -0.4 is 10.9 Å². The van der Waals surface area contributed by atoms with Gasteiger partial charge in [0.2, 0.25) is 0 Å². The smallest absolute Gasteiger partial charge is 0.472 e. The molecule has 1 amide bonds. The van der Waals surface area contributed by atoms with Crippen LogP contribution in [0.15, 0.2) is 0 Å². The summed E-state index contributed by atoms with van der Waals surface area (Å²) in [5, 5.41) is 7.93. The number of carbonyl (C=O) groups excluding carboxylic acids is 1. The summed E-state index contributed by atoms with van der Waals surface area (Å²) in [6.07, 6.45) is -5.01. The van der Waals surface area contributed by atoms with E-state index in [9.17, 15) is 22.8 Å². The molecule has 5 nitrogen and oxygen atoms in total. The van der Waals surface area contributed by atoms with Gasteiger partial charge in [-0.15, -0.1) is 0 Å². The number of carbonyl (C=O) groups is 2. The molecular formula is C4H5F3N2O3. The summed E-state index contributed by atoms with van der Waals surface area (Å²) in [6, 6.07) is 0. The summed E-state index contributed by atoms with van der Waals surface area (Å²) >= 11 is 0. The minimum Gasteiger partial charge on any atom is -0.480 e. The Hall–Kier alpha value is -1.31. The van der Waals surface area contributed by atoms with E-state index in [1.165, 1.54) is 0 Å². The number of carboxylic acids is 1. The zero-order valence-electron chi connectivity index (χ0n) is 5.60. The van der Waals surface area contributed by atoms with Crippen LogP contribution in [0.5, 0.6) is 0 Å². The Morgan fingerprint density at radius 2 is 1.83 bits per heavy atom. The summed E-state index contributed by atoms with van der Waals surface area (Å²) in [6.45, 7) is -0.776. The second kappa shape index (κ2) is 3.90. The first-order valence-corrected chi connectivity index (χ1v) is 2.66. The van der Waals surface area contributed by atoms with Gasteiger partial charge in [-0.05, 0) is 0 Å². The monoisotopic (exact) mass is 186 g/mol. The molecule has 70 valence electrons. The van der Waals surface area contributed by atoms with Crippen LogP contribution in [0.1, 0.15) is 0 Å². The van der Waals surface area contributed by atoms with Crippen LogP contribution in [0.3, 0.4) is 0 Å². The van der Waals surface area contributed by atoms with Crippen molar-refractivity contribution in [3.8, 4) is 0 Å². The van der Waals surface area contributed by atoms with E-state index in [2.05, 4.69) is 0 Å². The normalized spacial score (nSPS) is 10.9. The number of halogens is 3. The predicted molar refractivity (Wildman–Crippen MR) is 29.8 cm³/mol. The van der Waals surface area contributed by atoms with Gasteiger partial charge in [0.1, 0.15) is 6.54 Å². The first-order valence-electron chi connectivity index (χ1n) is 2.66. The highest BCUT2D eigenvalue weighted by Gasteiger charge is 2.38. The van der Waals surface area contributed by atoms with Crippen molar-refractivity contribution < 1.29 is 27.9 Å². The predicted octanol–water partition coefficient (Wildman–Crippen LogP) is -0.746. The van der Waals surface area contributed by atoms with E-state index in [-0.39, 0.29) is 0 Å². The van der Waals surface area contributed by atoms with Gasteiger partial charge < -0.3 is 5.11 Å². The Balaban J connectivity index is 3.66. The van der Waals surface area contributed by atoms with Crippen LogP contribution in [-0.2, 0) is 9.59 Å². The fourth-order valence-electron chi connectivity index (χ4n) is 0.271. The lowest BCUT2D eigenvalue weighted by Crippen LogP contribution is -2.46. The molecule has 0 spiro atoms. The molecule has 0 aromatic carbocycles. The molecule has 0 fully saturated rings. The number of hydrogen-bond acceptors (Lipinski definition) is 3. The third kappa shape index (κ3) is 4.50. The van der Waals surface area contributed by atoms with E-state index < -0.39 is 24.6 Å². The van der Waals surface area contributed by atoms with Gasteiger partial charge in [-0.1, -0.05) is 0 Å². The van der Waals surface area contributed by atoms with Gasteiger partial charge in [0.05, 0.1) is 0 Å². The van der Waals surface area contributed by atoms with E-state index >= 15 is 0 Å². The minimum atomic E-state index is -5.01. The molecule has 0 aliphatic carbocycles. The Kier molecular flexibility index (Phi) is 3.48. The number of aliphatic carboxylic acids is 1. The van der Waals surface area contributed by atoms with E-state index in [4.69, 9.17) is 5.11 Å². The number of nitrogens with one attached hydrogen (secondary N) is 2. The van der Waals surface area contributed by atoms with Gasteiger partial charge in [0, 0.05) is 0 Å². The summed E-state index contributed by atoms with van der Waals surface area (Å²) in [4.78, 5) is 19.7. The van der Waals surface area contributed by atoms with Crippen molar-refractivity contribution in [2.75, 3.05) is 6.54 Å². The molecule has 0 rings (SSSR count). The SMILES string of the molecule is O=C(O)CNNC(=O)C(F)(F)F. The zero-order valence-corrected chi connectivity index (χ0v) is 5.60. The highest BCUT2D eigenvalue weighted by atomic mass is 19.4. The molecule has 0 aromatic heterocycles. The van der Waals surface area contributed by atoms with Crippen molar-refractivity contribution in [1.82, 2.24) is 10.9 Å². The molecule has 0 unspecified atom stereocenters. The van der Waals surface area contributed by atoms with Crippen LogP contribution in [0.2, 0.25) is 0 Å². The molecule has 0 atom stereocenters. The van der Waals surface area contributed by atoms with Crippen molar-refractivity contribution in [1.29, 1.82) is 0 Å². The van der Waals surface area contributed by atoms with Gasteiger partial charge in [-0.3, -0.25) is 15.0 Å². The van der Waals surface area contributed by atoms with Crippen molar-refractivity contribution in [3.05, 3.63) is 0 Å². The summed E-state index contributed by atoms with van der Waals surface area (Å²) < 4.78 is 34.1. The highest BCUT2D eigenvalue weighted by Crippen LogP contribution is 2.13. The number of hydrogen-bond donors (Lipinski definition) is 3. The lowest BCUT2D eigenvalue weighted by atomic mass is 10.6. The summed E-state index contributed by atoms with van der Waals surface area (Å²) in [5.41, 5.74) is 2.73. The molecule has 0 aliphatic heterocycles. The van der Waals surface area contributed by atoms with Crippen molar-refractivity contribution in [2.45, 2.75) is 6.18 Å². The molecule has 0 aromatic rings. The van der Waals surface area contributed by atoms with E-state index in [1.54, 1.807) is 5.43 Å². The van der Waals surface area contributed by atoms with Crippen molar-refractivity contribution in [3.63, 3.8) is 0 Å². The van der Waals surface area contributed by atoms with Crippen molar-refractivity contribution in [2.24, 2.45) is 0 Å². The topological polar surface area (TPSA) is 78.4 Å². The number of alkyl halides is 3. The average molecular weight is 186 g/mol. The van der Waals surface area contributed by atoms with Crippen molar-refractivity contribution >= 4 is 11.9 Å². The Bertz CT molecular complexity index is 190. The summed E-state index contributed by atoms with van der Waals surface area (Å²) in [7, 11) is 0. The van der Waals surface area contributed by atoms with Crippen LogP contribution in [0.4, 0.5) is 13.2 Å². The van der Waals surface area contributed by atoms with Gasteiger partial charge >= 0.3 is 18.1 Å². The maximum absolute atomic E-state index is 11.4. The quantitative estimate of drug-likeness (QED) is 0.507. The molecule has 0 radical (unpaired) electrons. The lowest BCUT2D eigenvalue weighted by molar-refractivity contribution is -0.174. The fourth-order valence-corrected chi connectivity index (χ4v) is 0.271. The van der Waals surface area contributed by atoms with Crippen LogP contribution in [0, 0.1) is 0 Å². The second-order valence-corrected chi connectivity index (χ2v) is 1.70. The van der Waals surface area contributed by atoms with Crippen LogP contribution in [-0.4, -0.2) is 29.7 Å². The maximum atomic E-state index is 11.4. The van der Waals surface area contributed by atoms with E-state index in [0.29, 0.717) is 0 Å². The van der Waals surface area contributed by atoms with E-state index in [1.807, 2.05) is 0 Å². The molecular weight excluding hydrogens is 181 g/mol. The molecule has 12 heavy (non-hydrogen) atoms. The fraction of sp³-hybridized carbons (Fsp3) is 0.500. The largest absolute Gasteiger partial charge is 0.480 e. The van der Waals surface area contributed by atoms with E-state index in [0.717, 1.165) is 5.43 Å². The minimum absolute atomic E-state index is 0.776. The second-order valence-electron chi connectivity index (χ2n) is 1.70. The average Bonchev–Trinajstić information content (AvgIpc) is 1.84. The Morgan fingerprint density at radius 1 is 1.33 bits per heavy atom. The third-order valence-corrected chi connectivity index (χ3v) is 0.699. The molecule has 0 aliphatic rings. The summed E-state index contributed by atoms with van der Waals surface area (Å²) in [5.74, 6) is -3.61. The standard InChI is InChI=1S/C4H5F3N2O3/c5-4(6,7)3(12)9-8-1-2(10)11/h8H,1H2,(H,9,12)(H,10,11). The molecule has 0 saturated heterocycles. The maximum Gasteiger partial charge on any atom is 0.472 e. The van der Waals surface area contributed by atoms with Gasteiger partial charge in [0.25, 0.3) is 0 Å². The third-order valence-electron chi connectivity index (χ3n) is 0.699. The van der Waals surface area contributed by atoms with Gasteiger partial charge in [0.15, 0.2) is 0 Å². The zero-order chi connectivity index (χ0) is 9.78. The number of rotatable bonds is 3. The first-order chi connectivity index (χ1) is 5.34. The number of carboxylic acid groups (broad SMARTS) is 1. The molecule has 8 heteroatoms. The van der Waals surface area contributed by atoms with Crippen LogP contribution >= 0.6 is 0 Å². The van der Waals surface area contributed by atoms with Gasteiger partial charge in [-0.25, -0.2) is 5.43 Å². The molecule has 0 bridgehead atoms. The number of amides is 1. The molecule has 3 N–H and O–H groups in total. The first kappa shape index (κ1) is 10.7. The highest BCUT2D eigenvalue weighted by molar-refractivity contribution is 5.81. The Labute approximate surface area is 64.5 Å². The lowest BCUT2D eigenvalue weighted by Gasteiger charge is -2.06. The Morgan fingerprint density at radius 3 is 2.17 bits per heavy atom. The number of hydrazine groups is 1. The molecule has 0 heterocycles.